The Morgan fingerprint density at radius 2 is 2.14 bits per heavy atom. The minimum absolute atomic E-state index is 0.107. The highest BCUT2D eigenvalue weighted by Crippen LogP contribution is 2.12. The highest BCUT2D eigenvalue weighted by atomic mass is 16.3. The molecule has 0 unspecified atom stereocenters. The summed E-state index contributed by atoms with van der Waals surface area (Å²) in [4.78, 5) is 34.1. The van der Waals surface area contributed by atoms with Crippen LogP contribution in [0.3, 0.4) is 0 Å². The topological polar surface area (TPSA) is 131 Å². The van der Waals surface area contributed by atoms with Gasteiger partial charge >= 0.3 is 5.69 Å². The van der Waals surface area contributed by atoms with E-state index >= 15 is 0 Å². The molecule has 14 heavy (non-hydrogen) atoms. The van der Waals surface area contributed by atoms with Gasteiger partial charge in [-0.25, -0.2) is 4.79 Å². The molecular weight excluding hydrogens is 192 g/mol. The van der Waals surface area contributed by atoms with Gasteiger partial charge in [-0.05, 0) is 5.18 Å². The number of nitrogen functional groups attached to an aromatic ring is 1. The summed E-state index contributed by atoms with van der Waals surface area (Å²) < 4.78 is 0.859. The van der Waals surface area contributed by atoms with Crippen LogP contribution in [0.4, 0.5) is 11.5 Å². The molecule has 0 aliphatic rings. The van der Waals surface area contributed by atoms with Gasteiger partial charge in [0.15, 0.2) is 0 Å². The van der Waals surface area contributed by atoms with Crippen LogP contribution in [-0.4, -0.2) is 21.3 Å². The van der Waals surface area contributed by atoms with Crippen LogP contribution in [0.2, 0.25) is 0 Å². The molecule has 0 amide bonds. The minimum atomic E-state index is -0.934. The third-order valence-corrected chi connectivity index (χ3v) is 1.63. The quantitative estimate of drug-likeness (QED) is 0.511. The van der Waals surface area contributed by atoms with E-state index < -0.39 is 16.9 Å². The molecule has 1 rings (SSSR count). The predicted octanol–water partition coefficient (Wildman–Crippen LogP) is -1.49. The van der Waals surface area contributed by atoms with E-state index in [1.54, 1.807) is 0 Å². The summed E-state index contributed by atoms with van der Waals surface area (Å²) in [5.41, 5.74) is 3.05. The summed E-state index contributed by atoms with van der Waals surface area (Å²) in [5, 5.41) is 11.0. The third-order valence-electron chi connectivity index (χ3n) is 1.63. The lowest BCUT2D eigenvalue weighted by Gasteiger charge is -2.06. The molecule has 0 spiro atoms. The van der Waals surface area contributed by atoms with E-state index in [9.17, 15) is 14.5 Å². The highest BCUT2D eigenvalue weighted by molar-refractivity contribution is 5.55. The lowest BCUT2D eigenvalue weighted by atomic mass is 10.4. The number of hydrogen-bond donors (Lipinski definition) is 3. The van der Waals surface area contributed by atoms with Crippen LogP contribution in [0.25, 0.3) is 0 Å². The van der Waals surface area contributed by atoms with Gasteiger partial charge in [0.05, 0.1) is 13.2 Å². The maximum absolute atomic E-state index is 11.1. The SMILES string of the molecule is Nc1c(N=O)c(=O)[nH]c(=O)n1CCO. The Morgan fingerprint density at radius 3 is 2.64 bits per heavy atom. The number of aliphatic hydroxyl groups excluding tert-OH is 1. The number of nitrogens with zero attached hydrogens (tertiary/aromatic N) is 2. The minimum Gasteiger partial charge on any atom is -0.395 e. The summed E-state index contributed by atoms with van der Waals surface area (Å²) in [7, 11) is 0. The smallest absolute Gasteiger partial charge is 0.330 e. The zero-order valence-electron chi connectivity index (χ0n) is 7.06. The van der Waals surface area contributed by atoms with Crippen LogP contribution < -0.4 is 17.0 Å². The molecule has 0 fully saturated rings. The van der Waals surface area contributed by atoms with Gasteiger partial charge in [0.1, 0.15) is 5.82 Å². The van der Waals surface area contributed by atoms with Crippen molar-refractivity contribution in [2.75, 3.05) is 12.3 Å². The normalized spacial score (nSPS) is 10.1. The van der Waals surface area contributed by atoms with E-state index in [0.717, 1.165) is 4.57 Å². The molecule has 0 aliphatic carbocycles. The summed E-state index contributed by atoms with van der Waals surface area (Å²) in [6, 6.07) is 0. The van der Waals surface area contributed by atoms with Gasteiger partial charge in [0.2, 0.25) is 5.69 Å². The zero-order chi connectivity index (χ0) is 10.7. The summed E-state index contributed by atoms with van der Waals surface area (Å²) in [5.74, 6) is -0.345. The van der Waals surface area contributed by atoms with Gasteiger partial charge in [0.25, 0.3) is 5.56 Å². The maximum Gasteiger partial charge on any atom is 0.330 e. The summed E-state index contributed by atoms with van der Waals surface area (Å²) in [6.07, 6.45) is 0. The third kappa shape index (κ3) is 1.55. The van der Waals surface area contributed by atoms with E-state index in [1.807, 2.05) is 4.98 Å². The second kappa shape index (κ2) is 3.83. The molecule has 76 valence electrons. The number of aromatic nitrogens is 2. The number of H-pyrrole nitrogens is 1. The van der Waals surface area contributed by atoms with E-state index in [-0.39, 0.29) is 19.0 Å². The molecule has 1 heterocycles. The average molecular weight is 200 g/mol. The second-order valence-corrected chi connectivity index (χ2v) is 2.46. The zero-order valence-corrected chi connectivity index (χ0v) is 7.06. The molecule has 0 bridgehead atoms. The molecule has 1 aromatic rings. The lowest BCUT2D eigenvalue weighted by Crippen LogP contribution is -2.32. The predicted molar refractivity (Wildman–Crippen MR) is 48.3 cm³/mol. The van der Waals surface area contributed by atoms with Crippen LogP contribution in [0, 0.1) is 4.91 Å². The standard InChI is InChI=1S/C6H8N4O4/c7-4-3(9-14)5(12)8-6(13)10(4)1-2-11/h11H,1-2,7H2,(H,8,12,13). The molecule has 1 aromatic heterocycles. The highest BCUT2D eigenvalue weighted by Gasteiger charge is 2.11. The van der Waals surface area contributed by atoms with Gasteiger partial charge < -0.3 is 10.8 Å². The Hall–Kier alpha value is -1.96. The number of anilines is 1. The first-order chi connectivity index (χ1) is 6.61. The lowest BCUT2D eigenvalue weighted by molar-refractivity contribution is 0.274. The van der Waals surface area contributed by atoms with E-state index in [4.69, 9.17) is 10.8 Å². The van der Waals surface area contributed by atoms with Gasteiger partial charge in [-0.2, -0.15) is 0 Å². The van der Waals surface area contributed by atoms with Gasteiger partial charge in [-0.1, -0.05) is 0 Å². The molecule has 0 radical (unpaired) electrons. The molecule has 8 nitrogen and oxygen atoms in total. The fourth-order valence-electron chi connectivity index (χ4n) is 0.988. The number of aliphatic hydroxyl groups is 1. The average Bonchev–Trinajstić information content (AvgIpc) is 2.12. The van der Waals surface area contributed by atoms with Crippen molar-refractivity contribution in [3.63, 3.8) is 0 Å². The maximum atomic E-state index is 11.1. The first kappa shape index (κ1) is 10.1. The fraction of sp³-hybridized carbons (Fsp3) is 0.333. The number of nitrogens with two attached hydrogens (primary N) is 1. The van der Waals surface area contributed by atoms with Crippen LogP contribution in [0.15, 0.2) is 14.8 Å². The Morgan fingerprint density at radius 1 is 1.50 bits per heavy atom. The monoisotopic (exact) mass is 200 g/mol. The summed E-state index contributed by atoms with van der Waals surface area (Å²) in [6.45, 7) is -0.446. The second-order valence-electron chi connectivity index (χ2n) is 2.46. The van der Waals surface area contributed by atoms with Crippen molar-refractivity contribution >= 4 is 11.5 Å². The number of hydrogen-bond acceptors (Lipinski definition) is 6. The van der Waals surface area contributed by atoms with Gasteiger partial charge in [0, 0.05) is 0 Å². The molecule has 8 heteroatoms. The Labute approximate surface area is 77.0 Å². The van der Waals surface area contributed by atoms with Crippen molar-refractivity contribution < 1.29 is 5.11 Å². The molecule has 4 N–H and O–H groups in total. The fourth-order valence-corrected chi connectivity index (χ4v) is 0.988. The van der Waals surface area contributed by atoms with Crippen LogP contribution >= 0.6 is 0 Å². The first-order valence-electron chi connectivity index (χ1n) is 3.68. The van der Waals surface area contributed by atoms with Crippen molar-refractivity contribution in [3.8, 4) is 0 Å². The molecule has 0 saturated carbocycles. The first-order valence-corrected chi connectivity index (χ1v) is 3.68. The number of aromatic amines is 1. The van der Waals surface area contributed by atoms with Crippen molar-refractivity contribution in [1.82, 2.24) is 9.55 Å². The molecule has 0 atom stereocenters. The van der Waals surface area contributed by atoms with E-state index in [1.165, 1.54) is 0 Å². The van der Waals surface area contributed by atoms with E-state index in [0.29, 0.717) is 0 Å². The van der Waals surface area contributed by atoms with Gasteiger partial charge in [-0.15, -0.1) is 4.91 Å². The Kier molecular flexibility index (Phi) is 2.77. The molecule has 0 aromatic carbocycles. The van der Waals surface area contributed by atoms with Gasteiger partial charge in [-0.3, -0.25) is 14.3 Å². The van der Waals surface area contributed by atoms with E-state index in [2.05, 4.69) is 5.18 Å². The molecule has 0 saturated heterocycles. The van der Waals surface area contributed by atoms with Crippen molar-refractivity contribution in [1.29, 1.82) is 0 Å². The number of rotatable bonds is 3. The Balaban J connectivity index is 3.52. The van der Waals surface area contributed by atoms with Crippen molar-refractivity contribution in [2.24, 2.45) is 5.18 Å². The van der Waals surface area contributed by atoms with Crippen LogP contribution in [-0.2, 0) is 6.54 Å². The molecule has 0 aliphatic heterocycles. The number of nitroso groups, excluding NO2 is 1. The molecular formula is C6H8N4O4. The van der Waals surface area contributed by atoms with Crippen molar-refractivity contribution in [3.05, 3.63) is 25.7 Å². The largest absolute Gasteiger partial charge is 0.395 e. The van der Waals surface area contributed by atoms with Crippen LogP contribution in [0.5, 0.6) is 0 Å². The van der Waals surface area contributed by atoms with Crippen LogP contribution in [0.1, 0.15) is 0 Å². The number of nitrogens with one attached hydrogen (secondary N) is 1. The summed E-state index contributed by atoms with van der Waals surface area (Å²) >= 11 is 0. The Bertz CT molecular complexity index is 460. The van der Waals surface area contributed by atoms with Crippen molar-refractivity contribution in [2.45, 2.75) is 6.54 Å².